The summed E-state index contributed by atoms with van der Waals surface area (Å²) in [4.78, 5) is 4.42. The van der Waals surface area contributed by atoms with Crippen LogP contribution in [-0.2, 0) is 6.42 Å². The number of fused-ring (bicyclic) bond motifs is 1. The van der Waals surface area contributed by atoms with Crippen molar-refractivity contribution in [3.8, 4) is 0 Å². The average molecular weight is 253 g/mol. The van der Waals surface area contributed by atoms with Crippen molar-refractivity contribution in [1.82, 2.24) is 4.98 Å². The zero-order valence-corrected chi connectivity index (χ0v) is 10.5. The second-order valence-electron chi connectivity index (χ2n) is 4.17. The third kappa shape index (κ3) is 3.45. The van der Waals surface area contributed by atoms with Crippen molar-refractivity contribution in [1.29, 1.82) is 0 Å². The van der Waals surface area contributed by atoms with Gasteiger partial charge in [-0.05, 0) is 37.6 Å². The van der Waals surface area contributed by atoms with Gasteiger partial charge >= 0.3 is 0 Å². The smallest absolute Gasteiger partial charge is 0.195 e. The summed E-state index contributed by atoms with van der Waals surface area (Å²) in [6.07, 6.45) is 5.44. The van der Waals surface area contributed by atoms with Gasteiger partial charge in [-0.25, -0.2) is 4.98 Å². The first kappa shape index (κ1) is 12.4. The lowest BCUT2D eigenvalue weighted by atomic mass is 10.1. The van der Waals surface area contributed by atoms with E-state index in [1.54, 1.807) is 0 Å². The van der Waals surface area contributed by atoms with Gasteiger partial charge in [0.1, 0.15) is 5.52 Å². The fourth-order valence-electron chi connectivity index (χ4n) is 1.83. The Balaban J connectivity index is 1.91. The van der Waals surface area contributed by atoms with Gasteiger partial charge in [0.05, 0.1) is 0 Å². The molecule has 0 spiro atoms. The molecular weight excluding hydrogens is 236 g/mol. The minimum absolute atomic E-state index is 0.695. The van der Waals surface area contributed by atoms with Crippen LogP contribution in [0.4, 0.5) is 0 Å². The molecule has 4 heteroatoms. The summed E-state index contributed by atoms with van der Waals surface area (Å²) >= 11 is 5.90. The van der Waals surface area contributed by atoms with Gasteiger partial charge < -0.3 is 10.2 Å². The van der Waals surface area contributed by atoms with E-state index in [9.17, 15) is 0 Å². The topological polar surface area (TPSA) is 52.0 Å². The van der Waals surface area contributed by atoms with Crippen molar-refractivity contribution < 1.29 is 4.42 Å². The molecule has 2 aromatic rings. The number of aryl methyl sites for hydroxylation is 1. The van der Waals surface area contributed by atoms with E-state index in [0.29, 0.717) is 5.02 Å². The van der Waals surface area contributed by atoms with Crippen LogP contribution in [0.15, 0.2) is 22.6 Å². The molecule has 2 rings (SSSR count). The van der Waals surface area contributed by atoms with Crippen molar-refractivity contribution in [3.63, 3.8) is 0 Å². The third-order valence-electron chi connectivity index (χ3n) is 2.74. The molecule has 0 radical (unpaired) electrons. The summed E-state index contributed by atoms with van der Waals surface area (Å²) in [6.45, 7) is 0.779. The van der Waals surface area contributed by atoms with E-state index in [1.807, 2.05) is 18.2 Å². The van der Waals surface area contributed by atoms with Crippen LogP contribution < -0.4 is 5.73 Å². The second kappa shape index (κ2) is 6.03. The van der Waals surface area contributed by atoms with Crippen LogP contribution in [0.3, 0.4) is 0 Å². The maximum Gasteiger partial charge on any atom is 0.195 e. The number of rotatable bonds is 6. The highest BCUT2D eigenvalue weighted by Gasteiger charge is 2.05. The lowest BCUT2D eigenvalue weighted by Crippen LogP contribution is -1.97. The molecule has 0 fully saturated rings. The first-order chi connectivity index (χ1) is 8.29. The van der Waals surface area contributed by atoms with Gasteiger partial charge in [-0.1, -0.05) is 24.4 Å². The summed E-state index contributed by atoms with van der Waals surface area (Å²) in [6, 6.07) is 5.51. The lowest BCUT2D eigenvalue weighted by molar-refractivity contribution is 0.508. The van der Waals surface area contributed by atoms with Crippen molar-refractivity contribution in [2.45, 2.75) is 32.1 Å². The van der Waals surface area contributed by atoms with E-state index in [1.165, 1.54) is 12.8 Å². The highest BCUT2D eigenvalue weighted by atomic mass is 35.5. The van der Waals surface area contributed by atoms with E-state index < -0.39 is 0 Å². The zero-order chi connectivity index (χ0) is 12.1. The van der Waals surface area contributed by atoms with E-state index >= 15 is 0 Å². The number of aromatic nitrogens is 1. The van der Waals surface area contributed by atoms with Crippen molar-refractivity contribution in [2.24, 2.45) is 5.73 Å². The van der Waals surface area contributed by atoms with Crippen molar-refractivity contribution >= 4 is 22.7 Å². The average Bonchev–Trinajstić information content (AvgIpc) is 2.70. The van der Waals surface area contributed by atoms with Crippen molar-refractivity contribution in [2.75, 3.05) is 6.54 Å². The number of halogens is 1. The molecule has 0 aliphatic heterocycles. The monoisotopic (exact) mass is 252 g/mol. The molecule has 0 aliphatic rings. The van der Waals surface area contributed by atoms with Gasteiger partial charge in [0.2, 0.25) is 0 Å². The SMILES string of the molecule is NCCCCCCc1nc2cc(Cl)ccc2o1. The van der Waals surface area contributed by atoms with E-state index in [2.05, 4.69) is 4.98 Å². The molecule has 0 saturated carbocycles. The largest absolute Gasteiger partial charge is 0.441 e. The molecule has 17 heavy (non-hydrogen) atoms. The number of hydrogen-bond donors (Lipinski definition) is 1. The molecular formula is C13H17ClN2O. The van der Waals surface area contributed by atoms with Crippen LogP contribution >= 0.6 is 11.6 Å². The Morgan fingerprint density at radius 3 is 2.82 bits per heavy atom. The van der Waals surface area contributed by atoms with Crippen LogP contribution in [0.2, 0.25) is 5.02 Å². The van der Waals surface area contributed by atoms with Crippen LogP contribution in [-0.4, -0.2) is 11.5 Å². The number of oxazole rings is 1. The molecule has 1 aromatic carbocycles. The number of nitrogens with two attached hydrogens (primary N) is 1. The second-order valence-corrected chi connectivity index (χ2v) is 4.61. The molecule has 0 bridgehead atoms. The first-order valence-electron chi connectivity index (χ1n) is 6.04. The summed E-state index contributed by atoms with van der Waals surface area (Å²) in [5, 5.41) is 0.695. The molecule has 1 heterocycles. The molecule has 0 aliphatic carbocycles. The Morgan fingerprint density at radius 1 is 1.18 bits per heavy atom. The zero-order valence-electron chi connectivity index (χ0n) is 9.79. The standard InChI is InChI=1S/C13H17ClN2O/c14-10-6-7-12-11(9-10)16-13(17-12)5-3-1-2-4-8-15/h6-7,9H,1-5,8,15H2. The van der Waals surface area contributed by atoms with Gasteiger partial charge in [-0.2, -0.15) is 0 Å². The third-order valence-corrected chi connectivity index (χ3v) is 2.97. The quantitative estimate of drug-likeness (QED) is 0.800. The molecule has 2 N–H and O–H groups in total. The van der Waals surface area contributed by atoms with Gasteiger partial charge in [0.15, 0.2) is 11.5 Å². The van der Waals surface area contributed by atoms with Crippen LogP contribution in [0.5, 0.6) is 0 Å². The Kier molecular flexibility index (Phi) is 4.40. The lowest BCUT2D eigenvalue weighted by Gasteiger charge is -1.96. The number of benzene rings is 1. The summed E-state index contributed by atoms with van der Waals surface area (Å²) in [7, 11) is 0. The van der Waals surface area contributed by atoms with Crippen LogP contribution in [0, 0.1) is 0 Å². The predicted octanol–water partition coefficient (Wildman–Crippen LogP) is 3.54. The summed E-state index contributed by atoms with van der Waals surface area (Å²) in [5.41, 5.74) is 7.10. The predicted molar refractivity (Wildman–Crippen MR) is 70.2 cm³/mol. The molecule has 0 unspecified atom stereocenters. The number of hydrogen-bond acceptors (Lipinski definition) is 3. The van der Waals surface area contributed by atoms with Crippen LogP contribution in [0.25, 0.3) is 11.1 Å². The highest BCUT2D eigenvalue weighted by molar-refractivity contribution is 6.31. The van der Waals surface area contributed by atoms with Gasteiger partial charge in [-0.15, -0.1) is 0 Å². The van der Waals surface area contributed by atoms with Gasteiger partial charge in [0, 0.05) is 11.4 Å². The van der Waals surface area contributed by atoms with Gasteiger partial charge in [-0.3, -0.25) is 0 Å². The van der Waals surface area contributed by atoms with Gasteiger partial charge in [0.25, 0.3) is 0 Å². The highest BCUT2D eigenvalue weighted by Crippen LogP contribution is 2.20. The van der Waals surface area contributed by atoms with Crippen LogP contribution in [0.1, 0.15) is 31.6 Å². The minimum atomic E-state index is 0.695. The number of unbranched alkanes of at least 4 members (excludes halogenated alkanes) is 3. The first-order valence-corrected chi connectivity index (χ1v) is 6.42. The fraction of sp³-hybridized carbons (Fsp3) is 0.462. The Bertz CT molecular complexity index is 481. The summed E-state index contributed by atoms with van der Waals surface area (Å²) < 4.78 is 5.64. The molecule has 0 saturated heterocycles. The Morgan fingerprint density at radius 2 is 2.00 bits per heavy atom. The van der Waals surface area contributed by atoms with Crippen molar-refractivity contribution in [3.05, 3.63) is 29.1 Å². The molecule has 0 amide bonds. The fourth-order valence-corrected chi connectivity index (χ4v) is 2.00. The van der Waals surface area contributed by atoms with E-state index in [-0.39, 0.29) is 0 Å². The normalized spacial score (nSPS) is 11.2. The molecule has 3 nitrogen and oxygen atoms in total. The minimum Gasteiger partial charge on any atom is -0.441 e. The van der Waals surface area contributed by atoms with E-state index in [4.69, 9.17) is 21.8 Å². The maximum absolute atomic E-state index is 5.90. The maximum atomic E-state index is 5.90. The Hall–Kier alpha value is -1.06. The molecule has 1 aromatic heterocycles. The number of nitrogens with zero attached hydrogens (tertiary/aromatic N) is 1. The summed E-state index contributed by atoms with van der Waals surface area (Å²) in [5.74, 6) is 0.801. The Labute approximate surface area is 106 Å². The molecule has 0 atom stereocenters. The van der Waals surface area contributed by atoms with E-state index in [0.717, 1.165) is 42.8 Å². The molecule has 92 valence electrons.